The van der Waals surface area contributed by atoms with E-state index in [1.165, 1.54) is 38.2 Å². The highest BCUT2D eigenvalue weighted by Crippen LogP contribution is 2.25. The molecular weight excluding hydrogens is 200 g/mol. The first kappa shape index (κ1) is 12.9. The normalized spacial score (nSPS) is 10.3. The molecular formula is C14H21O2. The van der Waals surface area contributed by atoms with E-state index in [1.807, 2.05) is 6.07 Å². The van der Waals surface area contributed by atoms with Gasteiger partial charge in [0.2, 0.25) is 5.75 Å². The van der Waals surface area contributed by atoms with Gasteiger partial charge in [0.05, 0.1) is 6.61 Å². The molecule has 1 aromatic carbocycles. The van der Waals surface area contributed by atoms with Gasteiger partial charge in [-0.1, -0.05) is 51.2 Å². The lowest BCUT2D eigenvalue weighted by molar-refractivity contribution is 0.269. The Labute approximate surface area is 98.3 Å². The highest BCUT2D eigenvalue weighted by atomic mass is 16.5. The average Bonchev–Trinajstić information content (AvgIpc) is 2.30. The third-order valence-electron chi connectivity index (χ3n) is 2.60. The van der Waals surface area contributed by atoms with Crippen molar-refractivity contribution in [1.29, 1.82) is 0 Å². The van der Waals surface area contributed by atoms with E-state index in [1.54, 1.807) is 12.1 Å². The number of rotatable bonds is 8. The van der Waals surface area contributed by atoms with Crippen LogP contribution in [0.1, 0.15) is 45.4 Å². The first-order valence-corrected chi connectivity index (χ1v) is 6.23. The van der Waals surface area contributed by atoms with Gasteiger partial charge in [0, 0.05) is 0 Å². The SMILES string of the molecule is CCCCCCCCOc1ccccc1[O]. The molecule has 0 saturated carbocycles. The van der Waals surface area contributed by atoms with Crippen molar-refractivity contribution in [2.75, 3.05) is 6.61 Å². The lowest BCUT2D eigenvalue weighted by Gasteiger charge is -2.06. The van der Waals surface area contributed by atoms with Crippen molar-refractivity contribution in [3.05, 3.63) is 24.3 Å². The Morgan fingerprint density at radius 2 is 1.69 bits per heavy atom. The van der Waals surface area contributed by atoms with E-state index in [0.717, 1.165) is 6.42 Å². The Morgan fingerprint density at radius 3 is 2.44 bits per heavy atom. The lowest BCUT2D eigenvalue weighted by Crippen LogP contribution is -1.97. The Kier molecular flexibility index (Phi) is 6.47. The van der Waals surface area contributed by atoms with Crippen LogP contribution in [0.5, 0.6) is 11.5 Å². The van der Waals surface area contributed by atoms with Crippen LogP contribution in [0.15, 0.2) is 24.3 Å². The molecule has 0 amide bonds. The van der Waals surface area contributed by atoms with Gasteiger partial charge in [-0.15, -0.1) is 0 Å². The van der Waals surface area contributed by atoms with Crippen molar-refractivity contribution >= 4 is 0 Å². The quantitative estimate of drug-likeness (QED) is 0.591. The van der Waals surface area contributed by atoms with Crippen molar-refractivity contribution in [2.24, 2.45) is 0 Å². The van der Waals surface area contributed by atoms with E-state index in [4.69, 9.17) is 4.74 Å². The minimum Gasteiger partial charge on any atom is -0.489 e. The highest BCUT2D eigenvalue weighted by Gasteiger charge is 2.01. The summed E-state index contributed by atoms with van der Waals surface area (Å²) >= 11 is 0. The summed E-state index contributed by atoms with van der Waals surface area (Å²) in [4.78, 5) is 0. The molecule has 0 aromatic heterocycles. The van der Waals surface area contributed by atoms with Crippen molar-refractivity contribution < 1.29 is 9.84 Å². The monoisotopic (exact) mass is 221 g/mol. The minimum absolute atomic E-state index is 0.0199. The second-order valence-corrected chi connectivity index (χ2v) is 4.06. The molecule has 16 heavy (non-hydrogen) atoms. The molecule has 0 N–H and O–H groups in total. The van der Waals surface area contributed by atoms with Crippen LogP contribution < -0.4 is 4.74 Å². The molecule has 89 valence electrons. The van der Waals surface area contributed by atoms with E-state index in [-0.39, 0.29) is 5.75 Å². The van der Waals surface area contributed by atoms with Crippen molar-refractivity contribution in [3.8, 4) is 11.5 Å². The second kappa shape index (κ2) is 8.03. The zero-order chi connectivity index (χ0) is 11.6. The van der Waals surface area contributed by atoms with E-state index in [0.29, 0.717) is 12.4 Å². The van der Waals surface area contributed by atoms with Crippen molar-refractivity contribution in [3.63, 3.8) is 0 Å². The van der Waals surface area contributed by atoms with Gasteiger partial charge >= 0.3 is 0 Å². The lowest BCUT2D eigenvalue weighted by atomic mass is 10.1. The fraction of sp³-hybridized carbons (Fsp3) is 0.571. The predicted octanol–water partition coefficient (Wildman–Crippen LogP) is 4.57. The Balaban J connectivity index is 2.05. The maximum Gasteiger partial charge on any atom is 0.220 e. The summed E-state index contributed by atoms with van der Waals surface area (Å²) in [5, 5.41) is 11.3. The molecule has 0 aliphatic heterocycles. The number of para-hydroxylation sites is 2. The zero-order valence-corrected chi connectivity index (χ0v) is 10.1. The van der Waals surface area contributed by atoms with E-state index < -0.39 is 0 Å². The van der Waals surface area contributed by atoms with Gasteiger partial charge in [-0.3, -0.25) is 5.11 Å². The van der Waals surface area contributed by atoms with Gasteiger partial charge in [0.25, 0.3) is 0 Å². The van der Waals surface area contributed by atoms with Crippen LogP contribution >= 0.6 is 0 Å². The van der Waals surface area contributed by atoms with Crippen LogP contribution in [0.2, 0.25) is 0 Å². The fourth-order valence-electron chi connectivity index (χ4n) is 1.63. The summed E-state index contributed by atoms with van der Waals surface area (Å²) in [6.07, 6.45) is 7.42. The average molecular weight is 221 g/mol. The van der Waals surface area contributed by atoms with E-state index >= 15 is 0 Å². The Morgan fingerprint density at radius 1 is 1.00 bits per heavy atom. The molecule has 0 heterocycles. The number of hydrogen-bond donors (Lipinski definition) is 0. The number of unbranched alkanes of at least 4 members (excludes halogenated alkanes) is 5. The smallest absolute Gasteiger partial charge is 0.220 e. The van der Waals surface area contributed by atoms with E-state index in [2.05, 4.69) is 6.92 Å². The maximum atomic E-state index is 11.3. The van der Waals surface area contributed by atoms with Crippen LogP contribution in [0.25, 0.3) is 0 Å². The summed E-state index contributed by atoms with van der Waals surface area (Å²) in [5.74, 6) is 0.463. The first-order valence-electron chi connectivity index (χ1n) is 6.23. The molecule has 0 unspecified atom stereocenters. The van der Waals surface area contributed by atoms with Gasteiger partial charge in [-0.2, -0.15) is 0 Å². The molecule has 1 aromatic rings. The highest BCUT2D eigenvalue weighted by molar-refractivity contribution is 5.37. The predicted molar refractivity (Wildman–Crippen MR) is 65.4 cm³/mol. The van der Waals surface area contributed by atoms with Crippen molar-refractivity contribution in [1.82, 2.24) is 0 Å². The largest absolute Gasteiger partial charge is 0.489 e. The second-order valence-electron chi connectivity index (χ2n) is 4.06. The summed E-state index contributed by atoms with van der Waals surface area (Å²) in [7, 11) is 0. The van der Waals surface area contributed by atoms with Crippen LogP contribution in [0.4, 0.5) is 0 Å². The summed E-state index contributed by atoms with van der Waals surface area (Å²) < 4.78 is 5.43. The van der Waals surface area contributed by atoms with Gasteiger partial charge in [0.1, 0.15) is 0 Å². The molecule has 0 saturated heterocycles. The minimum atomic E-state index is -0.0199. The van der Waals surface area contributed by atoms with Crippen LogP contribution in [0, 0.1) is 0 Å². The number of ether oxygens (including phenoxy) is 1. The molecule has 1 radical (unpaired) electrons. The molecule has 2 nitrogen and oxygen atoms in total. The zero-order valence-electron chi connectivity index (χ0n) is 10.1. The van der Waals surface area contributed by atoms with E-state index in [9.17, 15) is 5.11 Å². The summed E-state index contributed by atoms with van der Waals surface area (Å²) in [5.41, 5.74) is 0. The third-order valence-corrected chi connectivity index (χ3v) is 2.60. The molecule has 1 rings (SSSR count). The maximum absolute atomic E-state index is 11.3. The van der Waals surface area contributed by atoms with Gasteiger partial charge < -0.3 is 4.74 Å². The van der Waals surface area contributed by atoms with Crippen LogP contribution in [0.3, 0.4) is 0 Å². The standard InChI is InChI=1S/C14H21O2/c1-2-3-4-5-6-9-12-16-14-11-8-7-10-13(14)15/h7-8,10-11H,2-6,9,12H2,1H3. The molecule has 0 aliphatic rings. The molecule has 0 fully saturated rings. The molecule has 0 spiro atoms. The van der Waals surface area contributed by atoms with Crippen LogP contribution in [-0.2, 0) is 5.11 Å². The fourth-order valence-corrected chi connectivity index (χ4v) is 1.63. The van der Waals surface area contributed by atoms with Gasteiger partial charge in [0.15, 0.2) is 5.75 Å². The molecule has 2 heteroatoms. The Bertz CT molecular complexity index is 284. The van der Waals surface area contributed by atoms with Gasteiger partial charge in [-0.05, 0) is 18.6 Å². The topological polar surface area (TPSA) is 29.1 Å². The number of benzene rings is 1. The summed E-state index contributed by atoms with van der Waals surface area (Å²) in [6.45, 7) is 2.87. The summed E-state index contributed by atoms with van der Waals surface area (Å²) in [6, 6.07) is 6.84. The van der Waals surface area contributed by atoms with Gasteiger partial charge in [-0.25, -0.2) is 0 Å². The Hall–Kier alpha value is -1.18. The molecule has 0 bridgehead atoms. The third kappa shape index (κ3) is 5.06. The number of hydrogen-bond acceptors (Lipinski definition) is 1. The molecule has 0 aliphatic carbocycles. The van der Waals surface area contributed by atoms with Crippen LogP contribution in [-0.4, -0.2) is 6.61 Å². The first-order chi connectivity index (χ1) is 7.84. The molecule has 0 atom stereocenters. The van der Waals surface area contributed by atoms with Crippen molar-refractivity contribution in [2.45, 2.75) is 45.4 Å².